The Balaban J connectivity index is 1.65. The smallest absolute Gasteiger partial charge is 0.226 e. The van der Waals surface area contributed by atoms with Gasteiger partial charge in [-0.25, -0.2) is 0 Å². The minimum atomic E-state index is 0.250. The molecule has 0 N–H and O–H groups in total. The number of rotatable bonds is 2. The second kappa shape index (κ2) is 3.89. The van der Waals surface area contributed by atoms with Crippen molar-refractivity contribution in [3.8, 4) is 0 Å². The van der Waals surface area contributed by atoms with Crippen LogP contribution in [0.2, 0.25) is 0 Å². The Kier molecular flexibility index (Phi) is 2.39. The Morgan fingerprint density at radius 1 is 1.25 bits per heavy atom. The molecule has 0 bridgehead atoms. The number of aromatic nitrogens is 1. The first-order chi connectivity index (χ1) is 7.86. The van der Waals surface area contributed by atoms with Crippen molar-refractivity contribution in [2.45, 2.75) is 25.2 Å². The number of carbonyl (C=O) groups is 1. The molecule has 0 spiro atoms. The van der Waals surface area contributed by atoms with Crippen molar-refractivity contribution in [2.24, 2.45) is 5.92 Å². The van der Waals surface area contributed by atoms with E-state index >= 15 is 0 Å². The van der Waals surface area contributed by atoms with Gasteiger partial charge in [-0.05, 0) is 42.9 Å². The van der Waals surface area contributed by atoms with Gasteiger partial charge in [-0.2, -0.15) is 0 Å². The molecule has 3 heteroatoms. The Morgan fingerprint density at radius 2 is 1.94 bits per heavy atom. The summed E-state index contributed by atoms with van der Waals surface area (Å²) in [6, 6.07) is 4.06. The van der Waals surface area contributed by atoms with Crippen LogP contribution in [0.3, 0.4) is 0 Å². The normalized spacial score (nSPS) is 28.1. The lowest BCUT2D eigenvalue weighted by atomic mass is 10.1. The topological polar surface area (TPSA) is 33.2 Å². The summed E-state index contributed by atoms with van der Waals surface area (Å²) < 4.78 is 0. The number of hydrogen-bond acceptors (Lipinski definition) is 2. The molecule has 2 atom stereocenters. The van der Waals surface area contributed by atoms with Crippen molar-refractivity contribution in [1.82, 2.24) is 9.88 Å². The van der Waals surface area contributed by atoms with Crippen LogP contribution in [0, 0.1) is 5.92 Å². The highest BCUT2D eigenvalue weighted by Crippen LogP contribution is 2.48. The Bertz CT molecular complexity index is 384. The molecule has 1 saturated carbocycles. The van der Waals surface area contributed by atoms with Gasteiger partial charge in [0.05, 0.1) is 0 Å². The van der Waals surface area contributed by atoms with Crippen molar-refractivity contribution < 1.29 is 4.79 Å². The van der Waals surface area contributed by atoms with Crippen LogP contribution in [0.5, 0.6) is 0 Å². The van der Waals surface area contributed by atoms with Gasteiger partial charge in [0.1, 0.15) is 0 Å². The zero-order chi connectivity index (χ0) is 11.0. The third-order valence-electron chi connectivity index (χ3n) is 3.66. The zero-order valence-electron chi connectivity index (χ0n) is 9.30. The Morgan fingerprint density at radius 3 is 2.62 bits per heavy atom. The van der Waals surface area contributed by atoms with Crippen molar-refractivity contribution >= 4 is 5.91 Å². The summed E-state index contributed by atoms with van der Waals surface area (Å²) >= 11 is 0. The summed E-state index contributed by atoms with van der Waals surface area (Å²) in [7, 11) is 0. The van der Waals surface area contributed by atoms with E-state index in [1.807, 2.05) is 29.4 Å². The molecule has 1 amide bonds. The molecule has 1 aliphatic heterocycles. The second-order valence-corrected chi connectivity index (χ2v) is 4.76. The SMILES string of the molecule is O=C(C1CC1c1ccncc1)N1CCCC1. The van der Waals surface area contributed by atoms with Crippen molar-refractivity contribution in [3.05, 3.63) is 30.1 Å². The van der Waals surface area contributed by atoms with Crippen LogP contribution >= 0.6 is 0 Å². The predicted molar refractivity (Wildman–Crippen MR) is 60.9 cm³/mol. The standard InChI is InChI=1S/C13H16N2O/c16-13(15-7-1-2-8-15)12-9-11(12)10-3-5-14-6-4-10/h3-6,11-12H,1-2,7-9H2. The lowest BCUT2D eigenvalue weighted by Crippen LogP contribution is -2.29. The predicted octanol–water partition coefficient (Wildman–Crippen LogP) is 1.81. The van der Waals surface area contributed by atoms with E-state index in [1.54, 1.807) is 0 Å². The summed E-state index contributed by atoms with van der Waals surface area (Å²) in [4.78, 5) is 18.1. The number of amides is 1. The van der Waals surface area contributed by atoms with Gasteiger partial charge in [0.15, 0.2) is 0 Å². The first-order valence-corrected chi connectivity index (χ1v) is 6.05. The summed E-state index contributed by atoms with van der Waals surface area (Å²) in [5, 5.41) is 0. The monoisotopic (exact) mass is 216 g/mol. The maximum absolute atomic E-state index is 12.1. The fourth-order valence-corrected chi connectivity index (χ4v) is 2.62. The summed E-state index contributed by atoms with van der Waals surface area (Å²) in [5.41, 5.74) is 1.27. The Hall–Kier alpha value is -1.38. The van der Waals surface area contributed by atoms with E-state index in [9.17, 15) is 4.79 Å². The van der Waals surface area contributed by atoms with Crippen LogP contribution in [0.15, 0.2) is 24.5 Å². The molecule has 2 fully saturated rings. The van der Waals surface area contributed by atoms with Crippen molar-refractivity contribution in [3.63, 3.8) is 0 Å². The van der Waals surface area contributed by atoms with Gasteiger partial charge in [0, 0.05) is 31.4 Å². The molecule has 84 valence electrons. The quantitative estimate of drug-likeness (QED) is 0.755. The zero-order valence-corrected chi connectivity index (χ0v) is 9.30. The highest BCUT2D eigenvalue weighted by molar-refractivity contribution is 5.83. The number of pyridine rings is 1. The average molecular weight is 216 g/mol. The second-order valence-electron chi connectivity index (χ2n) is 4.76. The van der Waals surface area contributed by atoms with Crippen LogP contribution in [0.1, 0.15) is 30.7 Å². The molecule has 1 aromatic rings. The molecule has 3 nitrogen and oxygen atoms in total. The molecule has 1 aliphatic carbocycles. The lowest BCUT2D eigenvalue weighted by molar-refractivity contribution is -0.131. The van der Waals surface area contributed by atoms with Gasteiger partial charge in [0.25, 0.3) is 0 Å². The molecule has 0 radical (unpaired) electrons. The largest absolute Gasteiger partial charge is 0.342 e. The fourth-order valence-electron chi connectivity index (χ4n) is 2.62. The number of nitrogens with zero attached hydrogens (tertiary/aromatic N) is 2. The van der Waals surface area contributed by atoms with Crippen LogP contribution in [-0.4, -0.2) is 28.9 Å². The molecule has 16 heavy (non-hydrogen) atoms. The highest BCUT2D eigenvalue weighted by atomic mass is 16.2. The van der Waals surface area contributed by atoms with Crippen LogP contribution in [0.4, 0.5) is 0 Å². The van der Waals surface area contributed by atoms with E-state index in [2.05, 4.69) is 4.98 Å². The molecule has 2 aliphatic rings. The van der Waals surface area contributed by atoms with E-state index in [1.165, 1.54) is 18.4 Å². The van der Waals surface area contributed by atoms with Crippen molar-refractivity contribution in [2.75, 3.05) is 13.1 Å². The highest BCUT2D eigenvalue weighted by Gasteiger charge is 2.45. The van der Waals surface area contributed by atoms with Gasteiger partial charge in [-0.15, -0.1) is 0 Å². The summed E-state index contributed by atoms with van der Waals surface area (Å²) in [5.74, 6) is 1.08. The van der Waals surface area contributed by atoms with E-state index in [0.29, 0.717) is 11.8 Å². The third kappa shape index (κ3) is 1.70. The molecule has 2 heterocycles. The molecular weight excluding hydrogens is 200 g/mol. The first-order valence-electron chi connectivity index (χ1n) is 6.05. The minimum absolute atomic E-state index is 0.250. The summed E-state index contributed by atoms with van der Waals surface area (Å²) in [6.07, 6.45) is 7.01. The Labute approximate surface area is 95.5 Å². The number of likely N-dealkylation sites (tertiary alicyclic amines) is 1. The van der Waals surface area contributed by atoms with Gasteiger partial charge in [-0.1, -0.05) is 0 Å². The molecule has 1 saturated heterocycles. The van der Waals surface area contributed by atoms with Gasteiger partial charge >= 0.3 is 0 Å². The van der Waals surface area contributed by atoms with E-state index in [-0.39, 0.29) is 5.92 Å². The van der Waals surface area contributed by atoms with E-state index < -0.39 is 0 Å². The van der Waals surface area contributed by atoms with Crippen LogP contribution < -0.4 is 0 Å². The van der Waals surface area contributed by atoms with Gasteiger partial charge in [0.2, 0.25) is 5.91 Å². The molecule has 0 aromatic carbocycles. The number of hydrogen-bond donors (Lipinski definition) is 0. The molecule has 3 rings (SSSR count). The number of carbonyl (C=O) groups excluding carboxylic acids is 1. The first kappa shape index (κ1) is 9.82. The van der Waals surface area contributed by atoms with Gasteiger partial charge in [-0.3, -0.25) is 9.78 Å². The lowest BCUT2D eigenvalue weighted by Gasteiger charge is -2.14. The molecule has 1 aromatic heterocycles. The molecule has 2 unspecified atom stereocenters. The summed E-state index contributed by atoms with van der Waals surface area (Å²) in [6.45, 7) is 1.94. The van der Waals surface area contributed by atoms with Crippen molar-refractivity contribution in [1.29, 1.82) is 0 Å². The van der Waals surface area contributed by atoms with E-state index in [4.69, 9.17) is 0 Å². The van der Waals surface area contributed by atoms with Crippen LogP contribution in [0.25, 0.3) is 0 Å². The van der Waals surface area contributed by atoms with Crippen LogP contribution in [-0.2, 0) is 4.79 Å². The molecular formula is C13H16N2O. The maximum Gasteiger partial charge on any atom is 0.226 e. The van der Waals surface area contributed by atoms with E-state index in [0.717, 1.165) is 19.5 Å². The fraction of sp³-hybridized carbons (Fsp3) is 0.538. The van der Waals surface area contributed by atoms with Gasteiger partial charge < -0.3 is 4.90 Å². The maximum atomic E-state index is 12.1. The minimum Gasteiger partial charge on any atom is -0.342 e. The third-order valence-corrected chi connectivity index (χ3v) is 3.66. The average Bonchev–Trinajstić information content (AvgIpc) is 2.95.